The lowest BCUT2D eigenvalue weighted by atomic mass is 10.1. The fourth-order valence-electron chi connectivity index (χ4n) is 3.43. The number of thiophene rings is 1. The summed E-state index contributed by atoms with van der Waals surface area (Å²) < 4.78 is 0. The molecule has 0 bridgehead atoms. The molecule has 2 N–H and O–H groups in total. The zero-order valence-corrected chi connectivity index (χ0v) is 18.1. The zero-order chi connectivity index (χ0) is 19.9. The van der Waals surface area contributed by atoms with E-state index in [1.165, 1.54) is 4.88 Å². The van der Waals surface area contributed by atoms with Crippen molar-refractivity contribution in [3.8, 4) is 0 Å². The van der Waals surface area contributed by atoms with Crippen LogP contribution in [0.15, 0.2) is 41.8 Å². The van der Waals surface area contributed by atoms with Gasteiger partial charge in [0.2, 0.25) is 5.91 Å². The highest BCUT2D eigenvalue weighted by Gasteiger charge is 2.25. The van der Waals surface area contributed by atoms with E-state index in [0.29, 0.717) is 17.5 Å². The van der Waals surface area contributed by atoms with E-state index in [4.69, 9.17) is 11.6 Å². The third-order valence-electron chi connectivity index (χ3n) is 5.13. The lowest BCUT2D eigenvalue weighted by Gasteiger charge is -2.38. The second-order valence-corrected chi connectivity index (χ2v) is 8.85. The van der Waals surface area contributed by atoms with Crippen LogP contribution in [0.5, 0.6) is 0 Å². The van der Waals surface area contributed by atoms with Crippen LogP contribution in [0.2, 0.25) is 5.02 Å². The summed E-state index contributed by atoms with van der Waals surface area (Å²) in [5.74, 6) is 0.00888. The van der Waals surface area contributed by atoms with E-state index in [-0.39, 0.29) is 11.9 Å². The molecule has 2 heterocycles. The van der Waals surface area contributed by atoms with Crippen LogP contribution in [0.1, 0.15) is 24.3 Å². The molecule has 1 aromatic carbocycles. The number of likely N-dealkylation sites (N-methyl/N-ethyl adjacent to an activating group) is 1. The minimum absolute atomic E-state index is 0.00888. The predicted octanol–water partition coefficient (Wildman–Crippen LogP) is 3.70. The molecule has 0 spiro atoms. The third-order valence-corrected chi connectivity index (χ3v) is 6.35. The lowest BCUT2D eigenvalue weighted by molar-refractivity contribution is -0.116. The van der Waals surface area contributed by atoms with Gasteiger partial charge in [-0.3, -0.25) is 9.69 Å². The summed E-state index contributed by atoms with van der Waals surface area (Å²) in [6.07, 6.45) is 0.433. The number of piperazine rings is 1. The van der Waals surface area contributed by atoms with Crippen molar-refractivity contribution >= 4 is 34.5 Å². The highest BCUT2D eigenvalue weighted by molar-refractivity contribution is 7.10. The van der Waals surface area contributed by atoms with Crippen LogP contribution in [0.4, 0.5) is 5.69 Å². The first-order chi connectivity index (χ1) is 13.5. The van der Waals surface area contributed by atoms with E-state index < -0.39 is 0 Å². The SMILES string of the molecule is C[C@H](CC(=O)Nc1ccc(Cl)cc1)NC[C@@H](c1cccs1)N1CCN(C)CC1. The van der Waals surface area contributed by atoms with Crippen LogP contribution in [0.3, 0.4) is 0 Å². The quantitative estimate of drug-likeness (QED) is 0.683. The van der Waals surface area contributed by atoms with Crippen LogP contribution < -0.4 is 10.6 Å². The van der Waals surface area contributed by atoms with Gasteiger partial charge in [0.15, 0.2) is 0 Å². The molecule has 7 heteroatoms. The summed E-state index contributed by atoms with van der Waals surface area (Å²) in [5, 5.41) is 9.31. The van der Waals surface area contributed by atoms with E-state index in [1.807, 2.05) is 23.5 Å². The van der Waals surface area contributed by atoms with Crippen molar-refractivity contribution in [2.24, 2.45) is 0 Å². The Balaban J connectivity index is 1.51. The number of hydrogen-bond acceptors (Lipinski definition) is 5. The van der Waals surface area contributed by atoms with Gasteiger partial charge in [-0.1, -0.05) is 17.7 Å². The van der Waals surface area contributed by atoms with Crippen LogP contribution in [-0.2, 0) is 4.79 Å². The molecular formula is C21H29ClN4OS. The maximum absolute atomic E-state index is 12.3. The molecule has 3 rings (SSSR count). The predicted molar refractivity (Wildman–Crippen MR) is 118 cm³/mol. The Hall–Kier alpha value is -1.44. The molecule has 5 nitrogen and oxygen atoms in total. The molecule has 0 unspecified atom stereocenters. The van der Waals surface area contributed by atoms with Crippen molar-refractivity contribution in [3.63, 3.8) is 0 Å². The number of nitrogens with zero attached hydrogens (tertiary/aromatic N) is 2. The van der Waals surface area contributed by atoms with Gasteiger partial charge in [0.25, 0.3) is 0 Å². The largest absolute Gasteiger partial charge is 0.326 e. The van der Waals surface area contributed by atoms with Crippen molar-refractivity contribution in [2.45, 2.75) is 25.4 Å². The second kappa shape index (κ2) is 10.4. The molecule has 1 aromatic heterocycles. The van der Waals surface area contributed by atoms with E-state index in [9.17, 15) is 4.79 Å². The summed E-state index contributed by atoms with van der Waals surface area (Å²) in [5.41, 5.74) is 0.774. The van der Waals surface area contributed by atoms with Gasteiger partial charge in [0, 0.05) is 60.8 Å². The van der Waals surface area contributed by atoms with Crippen LogP contribution in [0, 0.1) is 0 Å². The Morgan fingerprint density at radius 2 is 1.89 bits per heavy atom. The first-order valence-electron chi connectivity index (χ1n) is 9.76. The van der Waals surface area contributed by atoms with Crippen molar-refractivity contribution in [1.29, 1.82) is 0 Å². The van der Waals surface area contributed by atoms with E-state index >= 15 is 0 Å². The molecule has 1 aliphatic rings. The fraction of sp³-hybridized carbons (Fsp3) is 0.476. The molecule has 1 fully saturated rings. The number of nitrogens with one attached hydrogen (secondary N) is 2. The number of carbonyl (C=O) groups excluding carboxylic acids is 1. The molecule has 2 atom stereocenters. The first-order valence-corrected chi connectivity index (χ1v) is 11.0. The molecule has 28 heavy (non-hydrogen) atoms. The highest BCUT2D eigenvalue weighted by atomic mass is 35.5. The number of rotatable bonds is 8. The Bertz CT molecular complexity index is 729. The van der Waals surface area contributed by atoms with Crippen LogP contribution in [0.25, 0.3) is 0 Å². The highest BCUT2D eigenvalue weighted by Crippen LogP contribution is 2.25. The second-order valence-electron chi connectivity index (χ2n) is 7.44. The summed E-state index contributed by atoms with van der Waals surface area (Å²) in [7, 11) is 2.18. The van der Waals surface area contributed by atoms with Gasteiger partial charge < -0.3 is 15.5 Å². The van der Waals surface area contributed by atoms with Crippen molar-refractivity contribution in [1.82, 2.24) is 15.1 Å². The number of amides is 1. The van der Waals surface area contributed by atoms with E-state index in [0.717, 1.165) is 38.4 Å². The fourth-order valence-corrected chi connectivity index (χ4v) is 4.42. The van der Waals surface area contributed by atoms with Gasteiger partial charge in [-0.05, 0) is 49.7 Å². The summed E-state index contributed by atoms with van der Waals surface area (Å²) in [4.78, 5) is 18.6. The van der Waals surface area contributed by atoms with Gasteiger partial charge in [-0.15, -0.1) is 11.3 Å². The normalized spacial score (nSPS) is 18.0. The van der Waals surface area contributed by atoms with Gasteiger partial charge in [0.05, 0.1) is 6.04 Å². The van der Waals surface area contributed by atoms with Crippen LogP contribution >= 0.6 is 22.9 Å². The van der Waals surface area contributed by atoms with Gasteiger partial charge in [0.1, 0.15) is 0 Å². The monoisotopic (exact) mass is 420 g/mol. The van der Waals surface area contributed by atoms with Crippen LogP contribution in [-0.4, -0.2) is 61.5 Å². The number of benzene rings is 1. The Labute approximate surface area is 176 Å². The summed E-state index contributed by atoms with van der Waals surface area (Å²) in [6.45, 7) is 7.26. The number of halogens is 1. The lowest BCUT2D eigenvalue weighted by Crippen LogP contribution is -2.48. The molecule has 2 aromatic rings. The maximum atomic E-state index is 12.3. The molecule has 152 valence electrons. The average Bonchev–Trinajstić information content (AvgIpc) is 3.19. The maximum Gasteiger partial charge on any atom is 0.225 e. The van der Waals surface area contributed by atoms with Gasteiger partial charge >= 0.3 is 0 Å². The van der Waals surface area contributed by atoms with Crippen molar-refractivity contribution < 1.29 is 4.79 Å². The minimum atomic E-state index is 0.00888. The molecular weight excluding hydrogens is 392 g/mol. The molecule has 0 saturated carbocycles. The summed E-state index contributed by atoms with van der Waals surface area (Å²) >= 11 is 7.70. The first kappa shape index (κ1) is 21.3. The molecule has 1 aliphatic heterocycles. The molecule has 1 amide bonds. The Morgan fingerprint density at radius 3 is 2.54 bits per heavy atom. The number of anilines is 1. The van der Waals surface area contributed by atoms with Crippen molar-refractivity contribution in [3.05, 3.63) is 51.7 Å². The topological polar surface area (TPSA) is 47.6 Å². The minimum Gasteiger partial charge on any atom is -0.326 e. The third kappa shape index (κ3) is 6.29. The standard InChI is InChI=1S/C21H29ClN4OS/c1-16(14-21(27)24-18-7-5-17(22)6-8-18)23-15-19(20-4-3-13-28-20)26-11-9-25(2)10-12-26/h3-8,13,16,19,23H,9-12,14-15H2,1-2H3,(H,24,27)/t16-,19+/m1/s1. The van der Waals surface area contributed by atoms with E-state index in [2.05, 4.69) is 51.9 Å². The molecule has 0 radical (unpaired) electrons. The Morgan fingerprint density at radius 1 is 1.18 bits per heavy atom. The number of carbonyl (C=O) groups is 1. The number of hydrogen-bond donors (Lipinski definition) is 2. The Kier molecular flexibility index (Phi) is 7.88. The smallest absolute Gasteiger partial charge is 0.225 e. The summed E-state index contributed by atoms with van der Waals surface area (Å²) in [6, 6.07) is 12.0. The van der Waals surface area contributed by atoms with Gasteiger partial charge in [-0.25, -0.2) is 0 Å². The molecule has 0 aliphatic carbocycles. The van der Waals surface area contributed by atoms with E-state index in [1.54, 1.807) is 12.1 Å². The van der Waals surface area contributed by atoms with Crippen molar-refractivity contribution in [2.75, 3.05) is 45.1 Å². The molecule has 1 saturated heterocycles. The van der Waals surface area contributed by atoms with Gasteiger partial charge in [-0.2, -0.15) is 0 Å². The zero-order valence-electron chi connectivity index (χ0n) is 16.5. The average molecular weight is 421 g/mol.